The Hall–Kier alpha value is -1.87. The summed E-state index contributed by atoms with van der Waals surface area (Å²) in [6.45, 7) is 3.30. The van der Waals surface area contributed by atoms with Crippen LogP contribution < -0.4 is 15.5 Å². The van der Waals surface area contributed by atoms with Crippen molar-refractivity contribution in [2.75, 3.05) is 24.5 Å². The summed E-state index contributed by atoms with van der Waals surface area (Å²) in [7, 11) is 0. The molecule has 6 nitrogen and oxygen atoms in total. The summed E-state index contributed by atoms with van der Waals surface area (Å²) in [6.07, 6.45) is 10.5. The van der Waals surface area contributed by atoms with Crippen LogP contribution >= 0.6 is 51.3 Å². The lowest BCUT2D eigenvalue weighted by Crippen LogP contribution is -2.36. The number of aromatic nitrogens is 3. The highest BCUT2D eigenvalue weighted by molar-refractivity contribution is 9.10. The molecule has 0 spiro atoms. The molecule has 3 aromatic rings. The standard InChI is InChI=1S/C24H29BrCl2N6S/c25-19-7-9-23(32-16-19)33(17-18-6-8-20(26)21(27)15-18)14-3-1-2-10-30-24(34)31-11-4-5-22-28-12-13-29-22/h6-9,12-13,15-16H,1-5,10-11,14,17H2,(H,28,29)(H2,30,31,34). The van der Waals surface area contributed by atoms with E-state index in [-0.39, 0.29) is 0 Å². The Balaban J connectivity index is 1.36. The predicted molar refractivity (Wildman–Crippen MR) is 149 cm³/mol. The zero-order valence-corrected chi connectivity index (χ0v) is 22.8. The van der Waals surface area contributed by atoms with Gasteiger partial charge in [0.15, 0.2) is 5.11 Å². The van der Waals surface area contributed by atoms with Crippen molar-refractivity contribution in [2.45, 2.75) is 38.6 Å². The maximum atomic E-state index is 6.22. The first-order valence-corrected chi connectivity index (χ1v) is 13.3. The van der Waals surface area contributed by atoms with Crippen LogP contribution in [0.4, 0.5) is 5.82 Å². The number of aryl methyl sites for hydroxylation is 1. The van der Waals surface area contributed by atoms with Gasteiger partial charge < -0.3 is 20.5 Å². The minimum absolute atomic E-state index is 0.566. The van der Waals surface area contributed by atoms with Gasteiger partial charge in [0.25, 0.3) is 0 Å². The van der Waals surface area contributed by atoms with Crippen molar-refractivity contribution in [1.29, 1.82) is 0 Å². The Kier molecular flexibility index (Phi) is 11.4. The predicted octanol–water partition coefficient (Wildman–Crippen LogP) is 6.15. The van der Waals surface area contributed by atoms with Crippen molar-refractivity contribution in [1.82, 2.24) is 25.6 Å². The first-order valence-electron chi connectivity index (χ1n) is 11.3. The van der Waals surface area contributed by atoms with Crippen LogP contribution in [0.15, 0.2) is 53.4 Å². The van der Waals surface area contributed by atoms with Gasteiger partial charge in [-0.3, -0.25) is 0 Å². The maximum absolute atomic E-state index is 6.22. The second kappa shape index (κ2) is 14.5. The molecular formula is C24H29BrCl2N6S. The third kappa shape index (κ3) is 9.41. The molecule has 3 rings (SSSR count). The number of anilines is 1. The van der Waals surface area contributed by atoms with E-state index in [2.05, 4.69) is 46.4 Å². The lowest BCUT2D eigenvalue weighted by Gasteiger charge is -2.24. The molecule has 0 bridgehead atoms. The summed E-state index contributed by atoms with van der Waals surface area (Å²) < 4.78 is 0.961. The fourth-order valence-corrected chi connectivity index (χ4v) is 4.21. The zero-order valence-electron chi connectivity index (χ0n) is 18.9. The Morgan fingerprint density at radius 1 is 1.00 bits per heavy atom. The van der Waals surface area contributed by atoms with Crippen molar-refractivity contribution in [3.8, 4) is 0 Å². The van der Waals surface area contributed by atoms with Crippen molar-refractivity contribution >= 4 is 62.3 Å². The average molecular weight is 584 g/mol. The van der Waals surface area contributed by atoms with Crippen LogP contribution in [0.3, 0.4) is 0 Å². The van der Waals surface area contributed by atoms with E-state index in [9.17, 15) is 0 Å². The zero-order chi connectivity index (χ0) is 24.2. The molecule has 182 valence electrons. The normalized spacial score (nSPS) is 10.8. The van der Waals surface area contributed by atoms with Crippen LogP contribution in [0.25, 0.3) is 0 Å². The summed E-state index contributed by atoms with van der Waals surface area (Å²) >= 11 is 21.1. The summed E-state index contributed by atoms with van der Waals surface area (Å²) in [5.74, 6) is 1.94. The molecule has 1 aromatic carbocycles. The summed E-state index contributed by atoms with van der Waals surface area (Å²) in [4.78, 5) is 14.2. The molecule has 0 fully saturated rings. The molecule has 0 saturated heterocycles. The van der Waals surface area contributed by atoms with Crippen LogP contribution in [0, 0.1) is 0 Å². The Morgan fingerprint density at radius 3 is 2.53 bits per heavy atom. The third-order valence-electron chi connectivity index (χ3n) is 5.21. The largest absolute Gasteiger partial charge is 0.363 e. The molecular weight excluding hydrogens is 555 g/mol. The topological polar surface area (TPSA) is 68.9 Å². The molecule has 0 amide bonds. The minimum Gasteiger partial charge on any atom is -0.363 e. The van der Waals surface area contributed by atoms with E-state index in [4.69, 9.17) is 35.4 Å². The van der Waals surface area contributed by atoms with Gasteiger partial charge in [0.05, 0.1) is 10.0 Å². The van der Waals surface area contributed by atoms with Crippen LogP contribution in [-0.2, 0) is 13.0 Å². The van der Waals surface area contributed by atoms with Gasteiger partial charge in [-0.25, -0.2) is 9.97 Å². The summed E-state index contributed by atoms with van der Waals surface area (Å²) in [5, 5.41) is 8.39. The SMILES string of the molecule is S=C(NCCCCCN(Cc1ccc(Cl)c(Cl)c1)c1ccc(Br)cn1)NCCCc1ncc[nH]1. The van der Waals surface area contributed by atoms with Gasteiger partial charge in [0, 0.05) is 55.7 Å². The molecule has 0 saturated carbocycles. The number of benzene rings is 1. The van der Waals surface area contributed by atoms with Crippen LogP contribution in [0.5, 0.6) is 0 Å². The van der Waals surface area contributed by atoms with Gasteiger partial charge in [-0.15, -0.1) is 0 Å². The quantitative estimate of drug-likeness (QED) is 0.166. The van der Waals surface area contributed by atoms with E-state index in [1.807, 2.05) is 42.7 Å². The first kappa shape index (κ1) is 26.7. The average Bonchev–Trinajstić information content (AvgIpc) is 3.35. The number of aromatic amines is 1. The number of thiocarbonyl (C=S) groups is 1. The second-order valence-electron chi connectivity index (χ2n) is 7.89. The molecule has 0 aliphatic rings. The highest BCUT2D eigenvalue weighted by Gasteiger charge is 2.10. The van der Waals surface area contributed by atoms with Crippen molar-refractivity contribution in [2.24, 2.45) is 0 Å². The van der Waals surface area contributed by atoms with Gasteiger partial charge in [-0.2, -0.15) is 0 Å². The van der Waals surface area contributed by atoms with E-state index in [0.717, 1.165) is 80.0 Å². The minimum atomic E-state index is 0.566. The highest BCUT2D eigenvalue weighted by atomic mass is 79.9. The number of nitrogens with one attached hydrogen (secondary N) is 3. The maximum Gasteiger partial charge on any atom is 0.166 e. The lowest BCUT2D eigenvalue weighted by atomic mass is 10.2. The molecule has 0 radical (unpaired) electrons. The molecule has 2 heterocycles. The van der Waals surface area contributed by atoms with Gasteiger partial charge in [-0.05, 0) is 83.7 Å². The number of halogens is 3. The number of hydrogen-bond donors (Lipinski definition) is 3. The van der Waals surface area contributed by atoms with Gasteiger partial charge in [0.2, 0.25) is 0 Å². The molecule has 0 aliphatic heterocycles. The van der Waals surface area contributed by atoms with Crippen LogP contribution in [0.1, 0.15) is 37.1 Å². The molecule has 0 unspecified atom stereocenters. The van der Waals surface area contributed by atoms with Crippen molar-refractivity contribution in [3.05, 3.63) is 74.8 Å². The third-order valence-corrected chi connectivity index (χ3v) is 6.71. The number of nitrogens with zero attached hydrogens (tertiary/aromatic N) is 3. The van der Waals surface area contributed by atoms with Crippen LogP contribution in [-0.4, -0.2) is 39.7 Å². The van der Waals surface area contributed by atoms with E-state index in [0.29, 0.717) is 15.2 Å². The van der Waals surface area contributed by atoms with Gasteiger partial charge in [0.1, 0.15) is 11.6 Å². The van der Waals surface area contributed by atoms with E-state index in [1.165, 1.54) is 0 Å². The number of H-pyrrole nitrogens is 1. The fraction of sp³-hybridized carbons (Fsp3) is 0.375. The van der Waals surface area contributed by atoms with E-state index >= 15 is 0 Å². The monoisotopic (exact) mass is 582 g/mol. The van der Waals surface area contributed by atoms with E-state index in [1.54, 1.807) is 6.20 Å². The number of hydrogen-bond acceptors (Lipinski definition) is 4. The molecule has 0 atom stereocenters. The van der Waals surface area contributed by atoms with Crippen molar-refractivity contribution in [3.63, 3.8) is 0 Å². The first-order chi connectivity index (χ1) is 16.5. The highest BCUT2D eigenvalue weighted by Crippen LogP contribution is 2.25. The molecule has 34 heavy (non-hydrogen) atoms. The Bertz CT molecular complexity index is 1020. The number of pyridine rings is 1. The van der Waals surface area contributed by atoms with Crippen molar-refractivity contribution < 1.29 is 0 Å². The Morgan fingerprint density at radius 2 is 1.82 bits per heavy atom. The smallest absolute Gasteiger partial charge is 0.166 e. The molecule has 2 aromatic heterocycles. The number of unbranched alkanes of at least 4 members (excludes halogenated alkanes) is 2. The number of rotatable bonds is 13. The Labute approximate surface area is 225 Å². The summed E-state index contributed by atoms with van der Waals surface area (Å²) in [5.41, 5.74) is 1.10. The molecule has 0 aliphatic carbocycles. The van der Waals surface area contributed by atoms with Crippen LogP contribution in [0.2, 0.25) is 10.0 Å². The number of imidazole rings is 1. The second-order valence-corrected chi connectivity index (χ2v) is 10.0. The molecule has 10 heteroatoms. The van der Waals surface area contributed by atoms with E-state index < -0.39 is 0 Å². The fourth-order valence-electron chi connectivity index (χ4n) is 3.45. The van der Waals surface area contributed by atoms with Gasteiger partial charge in [-0.1, -0.05) is 29.3 Å². The lowest BCUT2D eigenvalue weighted by molar-refractivity contribution is 0.634. The summed E-state index contributed by atoms with van der Waals surface area (Å²) in [6, 6.07) is 9.80. The molecule has 3 N–H and O–H groups in total. The van der Waals surface area contributed by atoms with Gasteiger partial charge >= 0.3 is 0 Å².